The maximum Gasteiger partial charge on any atom is 0.131 e. The van der Waals surface area contributed by atoms with Gasteiger partial charge in [-0.1, -0.05) is 6.07 Å². The van der Waals surface area contributed by atoms with Crippen molar-refractivity contribution in [1.82, 2.24) is 4.90 Å². The van der Waals surface area contributed by atoms with E-state index in [1.807, 2.05) is 0 Å². The van der Waals surface area contributed by atoms with Gasteiger partial charge in [-0.3, -0.25) is 0 Å². The van der Waals surface area contributed by atoms with Crippen molar-refractivity contribution in [1.29, 1.82) is 0 Å². The first-order valence-corrected chi connectivity index (χ1v) is 6.03. The second-order valence-corrected chi connectivity index (χ2v) is 4.48. The molecule has 1 fully saturated rings. The van der Waals surface area contributed by atoms with Gasteiger partial charge in [0, 0.05) is 24.7 Å². The van der Waals surface area contributed by atoms with Gasteiger partial charge >= 0.3 is 0 Å². The third kappa shape index (κ3) is 3.17. The van der Waals surface area contributed by atoms with E-state index in [0.29, 0.717) is 17.9 Å². The first kappa shape index (κ1) is 12.3. The van der Waals surface area contributed by atoms with Crippen LogP contribution in [0, 0.1) is 5.82 Å². The Balaban J connectivity index is 1.87. The highest BCUT2D eigenvalue weighted by Gasteiger charge is 2.25. The number of nitrogens with two attached hydrogens (primary N) is 1. The summed E-state index contributed by atoms with van der Waals surface area (Å²) >= 11 is 0. The van der Waals surface area contributed by atoms with Gasteiger partial charge in [0.1, 0.15) is 18.2 Å². The number of benzene rings is 1. The first-order valence-electron chi connectivity index (χ1n) is 6.03. The van der Waals surface area contributed by atoms with E-state index in [9.17, 15) is 4.39 Å². The Bertz CT molecular complexity index is 380. The largest absolute Gasteiger partial charge is 0.492 e. The molecule has 4 heteroatoms. The van der Waals surface area contributed by atoms with Crippen molar-refractivity contribution in [2.75, 3.05) is 20.2 Å². The fraction of sp³-hybridized carbons (Fsp3) is 0.538. The monoisotopic (exact) mass is 238 g/mol. The van der Waals surface area contributed by atoms with Crippen LogP contribution >= 0.6 is 0 Å². The molecule has 94 valence electrons. The molecule has 0 aliphatic heterocycles. The Morgan fingerprint density at radius 2 is 2.24 bits per heavy atom. The van der Waals surface area contributed by atoms with Crippen molar-refractivity contribution < 1.29 is 9.13 Å². The van der Waals surface area contributed by atoms with Crippen molar-refractivity contribution in [3.8, 4) is 5.75 Å². The highest BCUT2D eigenvalue weighted by Crippen LogP contribution is 2.25. The molecule has 2 N–H and O–H groups in total. The molecule has 17 heavy (non-hydrogen) atoms. The van der Waals surface area contributed by atoms with Crippen molar-refractivity contribution in [2.45, 2.75) is 25.4 Å². The van der Waals surface area contributed by atoms with E-state index < -0.39 is 0 Å². The van der Waals surface area contributed by atoms with Gasteiger partial charge in [-0.15, -0.1) is 0 Å². The zero-order valence-electron chi connectivity index (χ0n) is 10.2. The van der Waals surface area contributed by atoms with Crippen LogP contribution in [-0.4, -0.2) is 31.1 Å². The second kappa shape index (κ2) is 5.47. The normalized spacial score (nSPS) is 15.3. The molecule has 0 radical (unpaired) electrons. The third-order valence-corrected chi connectivity index (χ3v) is 3.15. The maximum atomic E-state index is 13.4. The number of hydrogen-bond acceptors (Lipinski definition) is 3. The minimum Gasteiger partial charge on any atom is -0.492 e. The molecule has 0 aromatic heterocycles. The van der Waals surface area contributed by atoms with E-state index in [0.717, 1.165) is 12.6 Å². The van der Waals surface area contributed by atoms with Gasteiger partial charge in [-0.05, 0) is 32.0 Å². The Hall–Kier alpha value is -1.13. The van der Waals surface area contributed by atoms with Gasteiger partial charge in [0.2, 0.25) is 0 Å². The summed E-state index contributed by atoms with van der Waals surface area (Å²) < 4.78 is 19.0. The average Bonchev–Trinajstić information content (AvgIpc) is 3.13. The number of ether oxygens (including phenoxy) is 1. The Morgan fingerprint density at radius 3 is 2.88 bits per heavy atom. The molecular weight excluding hydrogens is 219 g/mol. The van der Waals surface area contributed by atoms with Gasteiger partial charge < -0.3 is 15.4 Å². The smallest absolute Gasteiger partial charge is 0.131 e. The molecule has 0 unspecified atom stereocenters. The number of likely N-dealkylation sites (N-methyl/N-ethyl adjacent to an activating group) is 1. The molecule has 0 spiro atoms. The molecule has 1 aliphatic carbocycles. The highest BCUT2D eigenvalue weighted by molar-refractivity contribution is 5.34. The van der Waals surface area contributed by atoms with Gasteiger partial charge in [0.05, 0.1) is 0 Å². The molecule has 0 bridgehead atoms. The highest BCUT2D eigenvalue weighted by atomic mass is 19.1. The molecule has 0 heterocycles. The van der Waals surface area contributed by atoms with Crippen molar-refractivity contribution in [3.63, 3.8) is 0 Å². The molecule has 0 saturated heterocycles. The molecule has 0 amide bonds. The van der Waals surface area contributed by atoms with E-state index in [1.54, 1.807) is 12.1 Å². The van der Waals surface area contributed by atoms with Crippen LogP contribution < -0.4 is 10.5 Å². The summed E-state index contributed by atoms with van der Waals surface area (Å²) in [6, 6.07) is 5.54. The molecule has 3 nitrogen and oxygen atoms in total. The average molecular weight is 238 g/mol. The summed E-state index contributed by atoms with van der Waals surface area (Å²) in [6.07, 6.45) is 2.56. The number of rotatable bonds is 6. The predicted octanol–water partition coefficient (Wildman–Crippen LogP) is 1.76. The molecule has 2 rings (SSSR count). The summed E-state index contributed by atoms with van der Waals surface area (Å²) in [5, 5.41) is 0. The molecule has 1 aromatic rings. The van der Waals surface area contributed by atoms with Crippen molar-refractivity contribution in [3.05, 3.63) is 29.6 Å². The molecule has 1 aliphatic rings. The summed E-state index contributed by atoms with van der Waals surface area (Å²) in [5.74, 6) is 0.275. The Labute approximate surface area is 101 Å². The van der Waals surface area contributed by atoms with E-state index in [2.05, 4.69) is 11.9 Å². The minimum atomic E-state index is -0.291. The summed E-state index contributed by atoms with van der Waals surface area (Å²) in [6.45, 7) is 1.61. The fourth-order valence-corrected chi connectivity index (χ4v) is 1.87. The van der Waals surface area contributed by atoms with Gasteiger partial charge in [-0.25, -0.2) is 4.39 Å². The van der Waals surface area contributed by atoms with Crippen LogP contribution in [0.25, 0.3) is 0 Å². The van der Waals surface area contributed by atoms with Crippen LogP contribution in [0.15, 0.2) is 18.2 Å². The Kier molecular flexibility index (Phi) is 3.97. The lowest BCUT2D eigenvalue weighted by atomic mass is 10.2. The van der Waals surface area contributed by atoms with Crippen molar-refractivity contribution >= 4 is 0 Å². The van der Waals surface area contributed by atoms with E-state index >= 15 is 0 Å². The molecule has 1 aromatic carbocycles. The summed E-state index contributed by atoms with van der Waals surface area (Å²) in [5.41, 5.74) is 5.97. The fourth-order valence-electron chi connectivity index (χ4n) is 1.87. The topological polar surface area (TPSA) is 38.5 Å². The summed E-state index contributed by atoms with van der Waals surface area (Å²) in [4.78, 5) is 2.28. The van der Waals surface area contributed by atoms with Gasteiger partial charge in [-0.2, -0.15) is 0 Å². The third-order valence-electron chi connectivity index (χ3n) is 3.15. The van der Waals surface area contributed by atoms with Crippen LogP contribution in [0.3, 0.4) is 0 Å². The van der Waals surface area contributed by atoms with Crippen LogP contribution in [0.4, 0.5) is 4.39 Å². The molecule has 1 saturated carbocycles. The molecule has 0 atom stereocenters. The zero-order chi connectivity index (χ0) is 12.3. The number of halogens is 1. The van der Waals surface area contributed by atoms with Gasteiger partial charge in [0.25, 0.3) is 0 Å². The van der Waals surface area contributed by atoms with Crippen LogP contribution in [0.5, 0.6) is 5.75 Å². The number of hydrogen-bond donors (Lipinski definition) is 1. The van der Waals surface area contributed by atoms with Crippen molar-refractivity contribution in [2.24, 2.45) is 5.73 Å². The first-order chi connectivity index (χ1) is 8.22. The van der Waals surface area contributed by atoms with E-state index in [-0.39, 0.29) is 12.4 Å². The zero-order valence-corrected chi connectivity index (χ0v) is 10.2. The minimum absolute atomic E-state index is 0.167. The lowest BCUT2D eigenvalue weighted by Gasteiger charge is -2.17. The van der Waals surface area contributed by atoms with Crippen LogP contribution in [0.1, 0.15) is 18.4 Å². The SMILES string of the molecule is CN(CCOc1cccc(F)c1CN)C1CC1. The standard InChI is InChI=1S/C13H19FN2O/c1-16(10-5-6-10)7-8-17-13-4-2-3-12(14)11(13)9-15/h2-4,10H,5-9,15H2,1H3. The van der Waals surface area contributed by atoms with E-state index in [1.165, 1.54) is 18.9 Å². The lowest BCUT2D eigenvalue weighted by molar-refractivity contribution is 0.230. The molecular formula is C13H19FN2O. The van der Waals surface area contributed by atoms with Crippen LogP contribution in [0.2, 0.25) is 0 Å². The maximum absolute atomic E-state index is 13.4. The van der Waals surface area contributed by atoms with Gasteiger partial charge in [0.15, 0.2) is 0 Å². The lowest BCUT2D eigenvalue weighted by Crippen LogP contribution is -2.26. The predicted molar refractivity (Wildman–Crippen MR) is 65.4 cm³/mol. The Morgan fingerprint density at radius 1 is 1.47 bits per heavy atom. The van der Waals surface area contributed by atoms with Crippen LogP contribution in [-0.2, 0) is 6.54 Å². The number of nitrogens with zero attached hydrogens (tertiary/aromatic N) is 1. The quantitative estimate of drug-likeness (QED) is 0.820. The summed E-state index contributed by atoms with van der Waals surface area (Å²) in [7, 11) is 2.09. The van der Waals surface area contributed by atoms with E-state index in [4.69, 9.17) is 10.5 Å². The second-order valence-electron chi connectivity index (χ2n) is 4.48.